The highest BCUT2D eigenvalue weighted by molar-refractivity contribution is 6.18. The molecule has 10 heteroatoms. The van der Waals surface area contributed by atoms with E-state index in [1.807, 2.05) is 19.1 Å². The number of ketones is 1. The van der Waals surface area contributed by atoms with Crippen molar-refractivity contribution >= 4 is 40.1 Å². The minimum atomic E-state index is -1.31. The third-order valence-corrected chi connectivity index (χ3v) is 7.76. The Morgan fingerprint density at radius 1 is 1.12 bits per heavy atom. The average Bonchev–Trinajstić information content (AvgIpc) is 3.63. The summed E-state index contributed by atoms with van der Waals surface area (Å²) in [5.74, 6) is -0.786. The maximum atomic E-state index is 13.7. The number of nitrogens with one attached hydrogen (secondary N) is 1. The molecular formula is C32H35N5O5. The maximum absolute atomic E-state index is 13.7. The monoisotopic (exact) mass is 569 g/mol. The van der Waals surface area contributed by atoms with Crippen LogP contribution in [0.4, 0.5) is 5.69 Å². The predicted molar refractivity (Wildman–Crippen MR) is 158 cm³/mol. The second-order valence-electron chi connectivity index (χ2n) is 10.8. The van der Waals surface area contributed by atoms with Crippen LogP contribution >= 0.6 is 0 Å². The fourth-order valence-electron chi connectivity index (χ4n) is 5.53. The number of fused-ring (bicyclic) bond motifs is 1. The second kappa shape index (κ2) is 12.9. The van der Waals surface area contributed by atoms with Crippen LogP contribution in [0.15, 0.2) is 57.9 Å². The van der Waals surface area contributed by atoms with Gasteiger partial charge in [-0.25, -0.2) is 0 Å². The molecule has 0 saturated carbocycles. The molecule has 0 radical (unpaired) electrons. The fraction of sp³-hybridized carbons (Fsp3) is 0.406. The number of hydrogen-bond acceptors (Lipinski definition) is 7. The Morgan fingerprint density at radius 2 is 1.90 bits per heavy atom. The molecule has 42 heavy (non-hydrogen) atoms. The number of nitriles is 1. The zero-order valence-electron chi connectivity index (χ0n) is 24.0. The molecule has 2 fully saturated rings. The Bertz CT molecular complexity index is 1550. The molecule has 2 saturated heterocycles. The number of rotatable bonds is 8. The molecular weight excluding hydrogens is 534 g/mol. The van der Waals surface area contributed by atoms with E-state index >= 15 is 0 Å². The first kappa shape index (κ1) is 28.9. The molecule has 2 amide bonds. The predicted octanol–water partition coefficient (Wildman–Crippen LogP) is 4.59. The van der Waals surface area contributed by atoms with Crippen LogP contribution in [0.2, 0.25) is 0 Å². The van der Waals surface area contributed by atoms with Gasteiger partial charge in [0.15, 0.2) is 11.7 Å². The van der Waals surface area contributed by atoms with Crippen LogP contribution in [-0.4, -0.2) is 72.6 Å². The Morgan fingerprint density at radius 3 is 2.67 bits per heavy atom. The highest BCUT2D eigenvalue weighted by Gasteiger charge is 2.33. The molecule has 218 valence electrons. The molecule has 10 nitrogen and oxygen atoms in total. The SMILES string of the molecule is COc1cccc(C(=O)C(C#N)C(=N[C@H]2CCCCN(CC(=O)N3CCCC3)C2=O)Nc2ccc3oc(C)cc3c2)c1. The summed E-state index contributed by atoms with van der Waals surface area (Å²) in [6.45, 7) is 3.76. The van der Waals surface area contributed by atoms with Gasteiger partial charge in [0.1, 0.15) is 29.0 Å². The number of amides is 2. The fourth-order valence-corrected chi connectivity index (χ4v) is 5.53. The smallest absolute Gasteiger partial charge is 0.247 e. The zero-order valence-corrected chi connectivity index (χ0v) is 24.0. The van der Waals surface area contributed by atoms with Gasteiger partial charge in [0.2, 0.25) is 11.8 Å². The number of carbonyl (C=O) groups excluding carboxylic acids is 3. The van der Waals surface area contributed by atoms with E-state index in [1.54, 1.807) is 46.2 Å². The molecule has 1 aromatic heterocycles. The number of aliphatic imine (C=N–C) groups is 1. The first-order valence-electron chi connectivity index (χ1n) is 14.4. The summed E-state index contributed by atoms with van der Waals surface area (Å²) in [6, 6.07) is 15.2. The standard InChI is InChI=1S/C32H35N5O5/c1-21-16-23-17-24(11-12-28(23)42-21)34-31(26(19-33)30(39)22-8-7-9-25(18-22)41-2)35-27-10-3-4-15-37(32(27)40)20-29(38)36-13-5-6-14-36/h7-9,11-12,16-18,26-27H,3-6,10,13-15,20H2,1-2H3,(H,34,35)/t26?,27-/m0/s1. The summed E-state index contributed by atoms with van der Waals surface area (Å²) >= 11 is 0. The lowest BCUT2D eigenvalue weighted by molar-refractivity contribution is -0.140. The van der Waals surface area contributed by atoms with Gasteiger partial charge in [-0.1, -0.05) is 12.1 Å². The number of furan rings is 1. The largest absolute Gasteiger partial charge is 0.497 e. The number of amidine groups is 1. The summed E-state index contributed by atoms with van der Waals surface area (Å²) in [5.41, 5.74) is 1.60. The van der Waals surface area contributed by atoms with E-state index in [2.05, 4.69) is 11.4 Å². The number of ether oxygens (including phenoxy) is 1. The molecule has 2 aliphatic heterocycles. The lowest BCUT2D eigenvalue weighted by Gasteiger charge is -2.25. The Labute approximate surface area is 244 Å². The van der Waals surface area contributed by atoms with Crippen LogP contribution in [0.25, 0.3) is 11.0 Å². The van der Waals surface area contributed by atoms with E-state index in [9.17, 15) is 19.6 Å². The summed E-state index contributed by atoms with van der Waals surface area (Å²) in [7, 11) is 1.51. The number of aryl methyl sites for hydroxylation is 1. The highest BCUT2D eigenvalue weighted by atomic mass is 16.5. The van der Waals surface area contributed by atoms with Crippen LogP contribution in [0, 0.1) is 24.2 Å². The molecule has 3 aromatic rings. The van der Waals surface area contributed by atoms with Crippen LogP contribution < -0.4 is 10.1 Å². The van der Waals surface area contributed by atoms with Crippen molar-refractivity contribution < 1.29 is 23.5 Å². The minimum absolute atomic E-state index is 0.00847. The van der Waals surface area contributed by atoms with Crippen molar-refractivity contribution in [2.24, 2.45) is 10.9 Å². The normalized spacial score (nSPS) is 18.5. The molecule has 0 aliphatic carbocycles. The molecule has 2 atom stereocenters. The van der Waals surface area contributed by atoms with Crippen molar-refractivity contribution in [3.05, 3.63) is 59.9 Å². The van der Waals surface area contributed by atoms with E-state index < -0.39 is 17.7 Å². The Hall–Kier alpha value is -4.65. The van der Waals surface area contributed by atoms with Gasteiger partial charge in [-0.05, 0) is 75.4 Å². The summed E-state index contributed by atoms with van der Waals surface area (Å²) in [6.07, 6.45) is 3.87. The Balaban J connectivity index is 1.48. The molecule has 0 spiro atoms. The first-order chi connectivity index (χ1) is 20.4. The summed E-state index contributed by atoms with van der Waals surface area (Å²) < 4.78 is 11.0. The Kier molecular flexibility index (Phi) is 8.86. The van der Waals surface area contributed by atoms with Crippen molar-refractivity contribution in [1.82, 2.24) is 9.80 Å². The molecule has 3 heterocycles. The molecule has 5 rings (SSSR count). The van der Waals surface area contributed by atoms with Gasteiger partial charge >= 0.3 is 0 Å². The van der Waals surface area contributed by atoms with Crippen LogP contribution in [0.1, 0.15) is 48.2 Å². The third-order valence-electron chi connectivity index (χ3n) is 7.76. The summed E-state index contributed by atoms with van der Waals surface area (Å²) in [4.78, 5) is 48.4. The van der Waals surface area contributed by atoms with Crippen molar-refractivity contribution in [2.45, 2.75) is 45.1 Å². The van der Waals surface area contributed by atoms with E-state index in [-0.39, 0.29) is 24.2 Å². The van der Waals surface area contributed by atoms with Gasteiger partial charge < -0.3 is 24.3 Å². The van der Waals surface area contributed by atoms with Crippen molar-refractivity contribution in [3.8, 4) is 11.8 Å². The number of nitrogens with zero attached hydrogens (tertiary/aromatic N) is 4. The molecule has 2 aliphatic rings. The van der Waals surface area contributed by atoms with E-state index in [0.717, 1.165) is 36.8 Å². The van der Waals surface area contributed by atoms with Crippen LogP contribution in [0.5, 0.6) is 5.75 Å². The summed E-state index contributed by atoms with van der Waals surface area (Å²) in [5, 5.41) is 14.3. The second-order valence-corrected chi connectivity index (χ2v) is 10.8. The topological polar surface area (TPSA) is 128 Å². The number of benzene rings is 2. The van der Waals surface area contributed by atoms with Crippen molar-refractivity contribution in [1.29, 1.82) is 5.26 Å². The van der Waals surface area contributed by atoms with Crippen molar-refractivity contribution in [2.75, 3.05) is 38.6 Å². The van der Waals surface area contributed by atoms with E-state index in [1.165, 1.54) is 7.11 Å². The lowest BCUT2D eigenvalue weighted by atomic mass is 9.96. The number of likely N-dealkylation sites (tertiary alicyclic amines) is 2. The van der Waals surface area contributed by atoms with E-state index in [0.29, 0.717) is 48.6 Å². The molecule has 1 unspecified atom stereocenters. The zero-order chi connectivity index (χ0) is 29.6. The maximum Gasteiger partial charge on any atom is 0.247 e. The van der Waals surface area contributed by atoms with Gasteiger partial charge in [0, 0.05) is 36.3 Å². The minimum Gasteiger partial charge on any atom is -0.497 e. The first-order valence-corrected chi connectivity index (χ1v) is 14.4. The van der Waals surface area contributed by atoms with Crippen molar-refractivity contribution in [3.63, 3.8) is 0 Å². The van der Waals surface area contributed by atoms with Gasteiger partial charge in [-0.2, -0.15) is 5.26 Å². The van der Waals surface area contributed by atoms with E-state index in [4.69, 9.17) is 14.1 Å². The van der Waals surface area contributed by atoms with Crippen LogP contribution in [-0.2, 0) is 9.59 Å². The number of Topliss-reactive ketones (excluding diaryl/α,β-unsaturated/α-hetero) is 1. The molecule has 0 bridgehead atoms. The third kappa shape index (κ3) is 6.46. The van der Waals surface area contributed by atoms with Gasteiger partial charge in [0.25, 0.3) is 0 Å². The average molecular weight is 570 g/mol. The molecule has 2 aromatic carbocycles. The van der Waals surface area contributed by atoms with Gasteiger partial charge in [-0.3, -0.25) is 19.4 Å². The van der Waals surface area contributed by atoms with Gasteiger partial charge in [-0.15, -0.1) is 0 Å². The van der Waals surface area contributed by atoms with Gasteiger partial charge in [0.05, 0.1) is 19.7 Å². The quantitative estimate of drug-likeness (QED) is 0.239. The number of anilines is 1. The lowest BCUT2D eigenvalue weighted by Crippen LogP contribution is -2.45. The number of methoxy groups -OCH3 is 1. The number of hydrogen-bond donors (Lipinski definition) is 1. The number of carbonyl (C=O) groups is 3. The highest BCUT2D eigenvalue weighted by Crippen LogP contribution is 2.25. The van der Waals surface area contributed by atoms with Crippen LogP contribution in [0.3, 0.4) is 0 Å². The molecule has 1 N–H and O–H groups in total.